The molecule has 1 heterocycles. The molecule has 0 aliphatic carbocycles. The molecule has 0 aliphatic rings. The summed E-state index contributed by atoms with van der Waals surface area (Å²) in [6, 6.07) is 27.6. The van der Waals surface area contributed by atoms with Crippen molar-refractivity contribution in [2.24, 2.45) is 5.10 Å². The summed E-state index contributed by atoms with van der Waals surface area (Å²) in [5, 5.41) is 23.7. The minimum atomic E-state index is -0.473. The van der Waals surface area contributed by atoms with Crippen molar-refractivity contribution in [3.05, 3.63) is 113 Å². The summed E-state index contributed by atoms with van der Waals surface area (Å²) in [4.78, 5) is 12.7. The van der Waals surface area contributed by atoms with Crippen LogP contribution in [0.5, 0.6) is 11.5 Å². The Bertz CT molecular complexity index is 1580. The van der Waals surface area contributed by atoms with Gasteiger partial charge < -0.3 is 9.84 Å². The first-order valence-electron chi connectivity index (χ1n) is 11.2. The lowest BCUT2D eigenvalue weighted by atomic mass is 10.0. The van der Waals surface area contributed by atoms with E-state index in [1.807, 2.05) is 78.9 Å². The van der Waals surface area contributed by atoms with Crippen LogP contribution in [0, 0.1) is 0 Å². The van der Waals surface area contributed by atoms with E-state index >= 15 is 0 Å². The number of benzene rings is 4. The van der Waals surface area contributed by atoms with E-state index in [1.54, 1.807) is 12.1 Å². The number of amides is 1. The number of aromatic nitrogens is 2. The molecule has 0 radical (unpaired) electrons. The quantitative estimate of drug-likeness (QED) is 0.192. The summed E-state index contributed by atoms with van der Waals surface area (Å²) in [6.07, 6.45) is 1.42. The average Bonchev–Trinajstić information content (AvgIpc) is 3.40. The fourth-order valence-corrected chi connectivity index (χ4v) is 3.98. The van der Waals surface area contributed by atoms with E-state index in [0.29, 0.717) is 28.6 Å². The number of phenolic OH excluding ortho intramolecular Hbond substituents is 1. The number of halogens is 1. The number of aromatic hydroxyl groups is 1. The maximum Gasteiger partial charge on any atom is 0.289 e. The number of ether oxygens (including phenoxy) is 1. The van der Waals surface area contributed by atoms with Gasteiger partial charge in [0, 0.05) is 21.7 Å². The highest BCUT2D eigenvalue weighted by molar-refractivity contribution is 6.31. The van der Waals surface area contributed by atoms with Gasteiger partial charge >= 0.3 is 0 Å². The molecule has 5 aromatic rings. The van der Waals surface area contributed by atoms with E-state index in [4.69, 9.17) is 16.3 Å². The second-order valence-corrected chi connectivity index (χ2v) is 8.37. The van der Waals surface area contributed by atoms with E-state index in [9.17, 15) is 9.90 Å². The summed E-state index contributed by atoms with van der Waals surface area (Å²) in [6.45, 7) is 0.296. The lowest BCUT2D eigenvalue weighted by Crippen LogP contribution is -2.18. The van der Waals surface area contributed by atoms with Crippen molar-refractivity contribution in [1.82, 2.24) is 15.6 Å². The van der Waals surface area contributed by atoms with Crippen LogP contribution in [0.2, 0.25) is 5.02 Å². The Labute approximate surface area is 212 Å². The molecule has 1 aromatic heterocycles. The van der Waals surface area contributed by atoms with Crippen LogP contribution in [0.25, 0.3) is 22.0 Å². The predicted octanol–water partition coefficient (Wildman–Crippen LogP) is 5.93. The Balaban J connectivity index is 1.30. The zero-order chi connectivity index (χ0) is 24.9. The Morgan fingerprint density at radius 2 is 1.81 bits per heavy atom. The number of carbonyl (C=O) groups is 1. The second kappa shape index (κ2) is 10.3. The Morgan fingerprint density at radius 3 is 2.69 bits per heavy atom. The molecule has 4 aromatic carbocycles. The van der Waals surface area contributed by atoms with Crippen LogP contribution in [-0.2, 0) is 6.61 Å². The van der Waals surface area contributed by atoms with E-state index in [0.717, 1.165) is 21.9 Å². The molecule has 0 aliphatic heterocycles. The van der Waals surface area contributed by atoms with Crippen LogP contribution in [0.1, 0.15) is 21.6 Å². The van der Waals surface area contributed by atoms with E-state index in [-0.39, 0.29) is 11.4 Å². The number of nitrogens with zero attached hydrogens (tertiary/aromatic N) is 2. The number of carbonyl (C=O) groups excluding carboxylic acids is 1. The van der Waals surface area contributed by atoms with Crippen LogP contribution in [0.3, 0.4) is 0 Å². The average molecular weight is 497 g/mol. The number of H-pyrrole nitrogens is 1. The van der Waals surface area contributed by atoms with Crippen molar-refractivity contribution < 1.29 is 14.6 Å². The maximum absolute atomic E-state index is 12.7. The van der Waals surface area contributed by atoms with Crippen LogP contribution < -0.4 is 10.2 Å². The molecule has 8 heteroatoms. The van der Waals surface area contributed by atoms with E-state index < -0.39 is 5.91 Å². The number of hydrazone groups is 1. The number of hydrogen-bond donors (Lipinski definition) is 3. The van der Waals surface area contributed by atoms with Crippen LogP contribution >= 0.6 is 11.6 Å². The molecule has 1 amide bonds. The molecule has 7 nitrogen and oxygen atoms in total. The van der Waals surface area contributed by atoms with Gasteiger partial charge in [-0.05, 0) is 41.1 Å². The monoisotopic (exact) mass is 496 g/mol. The van der Waals surface area contributed by atoms with Crippen molar-refractivity contribution in [2.75, 3.05) is 0 Å². The summed E-state index contributed by atoms with van der Waals surface area (Å²) in [5.74, 6) is 0.212. The van der Waals surface area contributed by atoms with Crippen LogP contribution in [0.4, 0.5) is 0 Å². The summed E-state index contributed by atoms with van der Waals surface area (Å²) in [7, 11) is 0. The number of hydrogen-bond acceptors (Lipinski definition) is 5. The predicted molar refractivity (Wildman–Crippen MR) is 140 cm³/mol. The van der Waals surface area contributed by atoms with Gasteiger partial charge in [0.25, 0.3) is 5.91 Å². The number of nitrogens with one attached hydrogen (secondary N) is 2. The summed E-state index contributed by atoms with van der Waals surface area (Å²) < 4.78 is 6.00. The topological polar surface area (TPSA) is 99.6 Å². The molecule has 0 unspecified atom stereocenters. The minimum absolute atomic E-state index is 0.0731. The molecule has 0 atom stereocenters. The molecule has 5 rings (SSSR count). The van der Waals surface area contributed by atoms with Crippen molar-refractivity contribution in [2.45, 2.75) is 6.61 Å². The lowest BCUT2D eigenvalue weighted by molar-refractivity contribution is 0.0950. The largest absolute Gasteiger partial charge is 0.507 e. The van der Waals surface area contributed by atoms with Gasteiger partial charge in [-0.1, -0.05) is 72.3 Å². The number of aromatic amines is 1. The minimum Gasteiger partial charge on any atom is -0.507 e. The highest BCUT2D eigenvalue weighted by atomic mass is 35.5. The molecule has 178 valence electrons. The van der Waals surface area contributed by atoms with E-state index in [2.05, 4.69) is 20.7 Å². The van der Waals surface area contributed by atoms with Crippen molar-refractivity contribution >= 4 is 34.5 Å². The zero-order valence-electron chi connectivity index (χ0n) is 19.0. The zero-order valence-corrected chi connectivity index (χ0v) is 19.7. The van der Waals surface area contributed by atoms with Gasteiger partial charge in [-0.15, -0.1) is 0 Å². The Hall–Kier alpha value is -4.62. The van der Waals surface area contributed by atoms with Crippen LogP contribution in [0.15, 0.2) is 96.1 Å². The van der Waals surface area contributed by atoms with Gasteiger partial charge in [0.05, 0.1) is 11.9 Å². The standard InChI is InChI=1S/C28H21ClN4O3/c29-23-11-5-2-8-19(23)17-36-27-12-6-4-10-21(27)24-15-25(32-31-24)28(35)33-30-16-22-20-9-3-1-7-18(20)13-14-26(22)34/h1-16,34H,17H2,(H,31,32)(H,33,35). The molecule has 0 fully saturated rings. The molecule has 36 heavy (non-hydrogen) atoms. The Kier molecular flexibility index (Phi) is 6.64. The molecule has 0 bridgehead atoms. The smallest absolute Gasteiger partial charge is 0.289 e. The highest BCUT2D eigenvalue weighted by Gasteiger charge is 2.14. The summed E-state index contributed by atoms with van der Waals surface area (Å²) in [5.41, 5.74) is 5.36. The molecule has 3 N–H and O–H groups in total. The van der Waals surface area contributed by atoms with Gasteiger partial charge in [0.15, 0.2) is 0 Å². The molecular formula is C28H21ClN4O3. The SMILES string of the molecule is O=C(NN=Cc1c(O)ccc2ccccc12)c1cc(-c2ccccc2OCc2ccccc2Cl)n[nH]1. The van der Waals surface area contributed by atoms with Crippen LogP contribution in [-0.4, -0.2) is 27.4 Å². The van der Waals surface area contributed by atoms with Gasteiger partial charge in [0.2, 0.25) is 0 Å². The van der Waals surface area contributed by atoms with Gasteiger partial charge in [0.1, 0.15) is 23.8 Å². The van der Waals surface area contributed by atoms with Crippen molar-refractivity contribution in [3.63, 3.8) is 0 Å². The third kappa shape index (κ3) is 4.92. The lowest BCUT2D eigenvalue weighted by Gasteiger charge is -2.11. The highest BCUT2D eigenvalue weighted by Crippen LogP contribution is 2.30. The fraction of sp³-hybridized carbons (Fsp3) is 0.0357. The number of phenols is 1. The van der Waals surface area contributed by atoms with E-state index in [1.165, 1.54) is 6.21 Å². The third-order valence-electron chi connectivity index (χ3n) is 5.63. The van der Waals surface area contributed by atoms with Gasteiger partial charge in [-0.25, -0.2) is 5.43 Å². The van der Waals surface area contributed by atoms with Crippen molar-refractivity contribution in [3.8, 4) is 22.8 Å². The molecule has 0 saturated heterocycles. The maximum atomic E-state index is 12.7. The number of fused-ring (bicyclic) bond motifs is 1. The summed E-state index contributed by atoms with van der Waals surface area (Å²) >= 11 is 6.24. The number of para-hydroxylation sites is 1. The number of rotatable bonds is 7. The van der Waals surface area contributed by atoms with Crippen molar-refractivity contribution in [1.29, 1.82) is 0 Å². The normalized spacial score (nSPS) is 11.1. The first-order chi connectivity index (χ1) is 17.6. The second-order valence-electron chi connectivity index (χ2n) is 7.96. The molecular weight excluding hydrogens is 476 g/mol. The molecule has 0 saturated carbocycles. The fourth-order valence-electron chi connectivity index (χ4n) is 3.79. The Morgan fingerprint density at radius 1 is 1.03 bits per heavy atom. The van der Waals surface area contributed by atoms with Gasteiger partial charge in [-0.3, -0.25) is 9.89 Å². The third-order valence-corrected chi connectivity index (χ3v) is 6.00. The van der Waals surface area contributed by atoms with Gasteiger partial charge in [-0.2, -0.15) is 10.2 Å². The first kappa shape index (κ1) is 23.1. The molecule has 0 spiro atoms. The first-order valence-corrected chi connectivity index (χ1v) is 11.5.